The highest BCUT2D eigenvalue weighted by atomic mass is 32.2. The minimum Gasteiger partial charge on any atom is -0.291 e. The van der Waals surface area contributed by atoms with Gasteiger partial charge in [-0.05, 0) is 30.4 Å². The van der Waals surface area contributed by atoms with Crippen molar-refractivity contribution in [2.45, 2.75) is 44.8 Å². The Morgan fingerprint density at radius 2 is 1.86 bits per heavy atom. The first kappa shape index (κ1) is 15.0. The molecule has 1 aliphatic heterocycles. The number of hydrogen-bond donors (Lipinski definition) is 0. The Morgan fingerprint density at radius 1 is 1.19 bits per heavy atom. The molecule has 4 nitrogen and oxygen atoms in total. The van der Waals surface area contributed by atoms with Crippen LogP contribution in [0.4, 0.5) is 0 Å². The lowest BCUT2D eigenvalue weighted by atomic mass is 10.1. The molecule has 0 aromatic heterocycles. The Hall–Kier alpha value is -0.910. The first-order chi connectivity index (χ1) is 9.97. The summed E-state index contributed by atoms with van der Waals surface area (Å²) in [5.74, 6) is 0. The normalized spacial score (nSPS) is 20.7. The highest BCUT2D eigenvalue weighted by molar-refractivity contribution is 7.88. The Balaban J connectivity index is 1.66. The molecular formula is C16H24N2O2S. The molecule has 2 aliphatic rings. The van der Waals surface area contributed by atoms with Crippen LogP contribution in [-0.2, 0) is 23.0 Å². The zero-order chi connectivity index (χ0) is 15.0. The average Bonchev–Trinajstić information content (AvgIpc) is 3.18. The number of sulfonamides is 1. The molecule has 1 aromatic carbocycles. The molecular weight excluding hydrogens is 284 g/mol. The van der Waals surface area contributed by atoms with Gasteiger partial charge in [0.25, 0.3) is 0 Å². The summed E-state index contributed by atoms with van der Waals surface area (Å²) in [5, 5.41) is 0. The van der Waals surface area contributed by atoms with E-state index in [1.165, 1.54) is 30.2 Å². The zero-order valence-corrected chi connectivity index (χ0v) is 13.6. The fraction of sp³-hybridized carbons (Fsp3) is 0.625. The van der Waals surface area contributed by atoms with Crippen molar-refractivity contribution in [3.05, 3.63) is 35.4 Å². The van der Waals surface area contributed by atoms with Crippen LogP contribution >= 0.6 is 0 Å². The minimum absolute atomic E-state index is 0.387. The van der Waals surface area contributed by atoms with Gasteiger partial charge in [0, 0.05) is 31.7 Å². The summed E-state index contributed by atoms with van der Waals surface area (Å²) in [7, 11) is -3.01. The summed E-state index contributed by atoms with van der Waals surface area (Å²) >= 11 is 0. The fourth-order valence-corrected chi connectivity index (χ4v) is 3.90. The van der Waals surface area contributed by atoms with Gasteiger partial charge in [0.15, 0.2) is 0 Å². The van der Waals surface area contributed by atoms with E-state index in [1.807, 2.05) is 0 Å². The van der Waals surface area contributed by atoms with E-state index in [2.05, 4.69) is 36.1 Å². The van der Waals surface area contributed by atoms with Crippen LogP contribution in [0.5, 0.6) is 0 Å². The molecule has 1 aliphatic carbocycles. The SMILES string of the molecule is CCc1cccc(CN(C2CC2)C2CN(S(C)(=O)=O)C2)c1. The Bertz CT molecular complexity index is 604. The molecule has 0 N–H and O–H groups in total. The van der Waals surface area contributed by atoms with Gasteiger partial charge in [-0.25, -0.2) is 8.42 Å². The van der Waals surface area contributed by atoms with E-state index in [-0.39, 0.29) is 0 Å². The van der Waals surface area contributed by atoms with Crippen LogP contribution in [0, 0.1) is 0 Å². The van der Waals surface area contributed by atoms with Gasteiger partial charge in [0.2, 0.25) is 10.0 Å². The van der Waals surface area contributed by atoms with Crippen LogP contribution in [0.25, 0.3) is 0 Å². The first-order valence-corrected chi connectivity index (χ1v) is 9.61. The molecule has 0 bridgehead atoms. The quantitative estimate of drug-likeness (QED) is 0.805. The van der Waals surface area contributed by atoms with Crippen molar-refractivity contribution in [1.29, 1.82) is 0 Å². The van der Waals surface area contributed by atoms with Gasteiger partial charge < -0.3 is 0 Å². The van der Waals surface area contributed by atoms with E-state index in [0.717, 1.165) is 13.0 Å². The molecule has 116 valence electrons. The van der Waals surface area contributed by atoms with Crippen molar-refractivity contribution < 1.29 is 8.42 Å². The third-order valence-electron chi connectivity index (χ3n) is 4.55. The lowest BCUT2D eigenvalue weighted by molar-refractivity contribution is 0.0748. The van der Waals surface area contributed by atoms with Gasteiger partial charge in [-0.2, -0.15) is 4.31 Å². The van der Waals surface area contributed by atoms with Crippen LogP contribution in [0.3, 0.4) is 0 Å². The summed E-state index contributed by atoms with van der Waals surface area (Å²) < 4.78 is 24.6. The largest absolute Gasteiger partial charge is 0.291 e. The van der Waals surface area contributed by atoms with Crippen LogP contribution in [0.15, 0.2) is 24.3 Å². The Labute approximate surface area is 127 Å². The molecule has 0 unspecified atom stereocenters. The molecule has 0 amide bonds. The van der Waals surface area contributed by atoms with Gasteiger partial charge in [-0.15, -0.1) is 0 Å². The van der Waals surface area contributed by atoms with E-state index in [4.69, 9.17) is 0 Å². The molecule has 5 heteroatoms. The maximum absolute atomic E-state index is 11.5. The number of nitrogens with zero attached hydrogens (tertiary/aromatic N) is 2. The molecule has 0 spiro atoms. The highest BCUT2D eigenvalue weighted by Crippen LogP contribution is 2.33. The van der Waals surface area contributed by atoms with Gasteiger partial charge in [0.05, 0.1) is 6.26 Å². The van der Waals surface area contributed by atoms with E-state index in [1.54, 1.807) is 4.31 Å². The summed E-state index contributed by atoms with van der Waals surface area (Å²) in [5.41, 5.74) is 2.72. The molecule has 21 heavy (non-hydrogen) atoms. The summed E-state index contributed by atoms with van der Waals surface area (Å²) in [6.45, 7) is 4.43. The monoisotopic (exact) mass is 308 g/mol. The molecule has 1 saturated carbocycles. The van der Waals surface area contributed by atoms with Crippen molar-refractivity contribution in [3.8, 4) is 0 Å². The third kappa shape index (κ3) is 3.47. The second-order valence-corrected chi connectivity index (χ2v) is 8.29. The summed E-state index contributed by atoms with van der Waals surface area (Å²) in [6, 6.07) is 9.80. The predicted octanol–water partition coefficient (Wildman–Crippen LogP) is 1.86. The number of hydrogen-bond acceptors (Lipinski definition) is 3. The molecule has 1 saturated heterocycles. The highest BCUT2D eigenvalue weighted by Gasteiger charge is 2.42. The van der Waals surface area contributed by atoms with Gasteiger partial charge >= 0.3 is 0 Å². The number of rotatable bonds is 6. The van der Waals surface area contributed by atoms with Gasteiger partial charge in [0.1, 0.15) is 0 Å². The van der Waals surface area contributed by atoms with Crippen molar-refractivity contribution >= 4 is 10.0 Å². The second kappa shape index (κ2) is 5.71. The first-order valence-electron chi connectivity index (χ1n) is 7.76. The van der Waals surface area contributed by atoms with Gasteiger partial charge in [-0.3, -0.25) is 4.90 Å². The van der Waals surface area contributed by atoms with E-state index in [9.17, 15) is 8.42 Å². The summed E-state index contributed by atoms with van der Waals surface area (Å²) in [4.78, 5) is 2.51. The Kier molecular flexibility index (Phi) is 4.08. The maximum atomic E-state index is 11.5. The molecule has 3 rings (SSSR count). The fourth-order valence-electron chi connectivity index (χ4n) is 3.02. The number of aryl methyl sites for hydroxylation is 1. The zero-order valence-electron chi connectivity index (χ0n) is 12.8. The van der Waals surface area contributed by atoms with E-state index < -0.39 is 10.0 Å². The standard InChI is InChI=1S/C16H24N2O2S/c1-3-13-5-4-6-14(9-13)10-18(15-7-8-15)16-11-17(12-16)21(2,19)20/h4-6,9,15-16H,3,7-8,10-12H2,1-2H3. The van der Waals surface area contributed by atoms with Crippen LogP contribution in [0.1, 0.15) is 30.9 Å². The van der Waals surface area contributed by atoms with Gasteiger partial charge in [-0.1, -0.05) is 31.2 Å². The van der Waals surface area contributed by atoms with E-state index in [0.29, 0.717) is 25.2 Å². The molecule has 0 radical (unpaired) electrons. The molecule has 2 fully saturated rings. The average molecular weight is 308 g/mol. The van der Waals surface area contributed by atoms with Crippen LogP contribution in [-0.4, -0.2) is 49.1 Å². The smallest absolute Gasteiger partial charge is 0.211 e. The van der Waals surface area contributed by atoms with Crippen molar-refractivity contribution in [2.24, 2.45) is 0 Å². The van der Waals surface area contributed by atoms with Crippen LogP contribution in [0.2, 0.25) is 0 Å². The lowest BCUT2D eigenvalue weighted by Gasteiger charge is -2.44. The molecule has 1 aromatic rings. The lowest BCUT2D eigenvalue weighted by Crippen LogP contribution is -2.60. The molecule has 1 heterocycles. The third-order valence-corrected chi connectivity index (χ3v) is 5.78. The van der Waals surface area contributed by atoms with E-state index >= 15 is 0 Å². The Morgan fingerprint density at radius 3 is 2.43 bits per heavy atom. The minimum atomic E-state index is -3.01. The maximum Gasteiger partial charge on any atom is 0.211 e. The molecule has 0 atom stereocenters. The topological polar surface area (TPSA) is 40.6 Å². The second-order valence-electron chi connectivity index (χ2n) is 6.31. The number of benzene rings is 1. The predicted molar refractivity (Wildman–Crippen MR) is 84.6 cm³/mol. The van der Waals surface area contributed by atoms with Crippen molar-refractivity contribution in [3.63, 3.8) is 0 Å². The van der Waals surface area contributed by atoms with Crippen molar-refractivity contribution in [2.75, 3.05) is 19.3 Å². The summed E-state index contributed by atoms with van der Waals surface area (Å²) in [6.07, 6.45) is 4.86. The van der Waals surface area contributed by atoms with Crippen LogP contribution < -0.4 is 0 Å². The van der Waals surface area contributed by atoms with Crippen molar-refractivity contribution in [1.82, 2.24) is 9.21 Å².